The summed E-state index contributed by atoms with van der Waals surface area (Å²) in [6, 6.07) is 0. The highest BCUT2D eigenvalue weighted by Crippen LogP contribution is 2.20. The van der Waals surface area contributed by atoms with Crippen LogP contribution in [0.25, 0.3) is 0 Å². The predicted molar refractivity (Wildman–Crippen MR) is 68.0 cm³/mol. The SMILES string of the molecule is CCCn1ncnc1CN1C(=O)CNC(=O)C1(C)C. The summed E-state index contributed by atoms with van der Waals surface area (Å²) in [4.78, 5) is 29.6. The molecular weight excluding hydrogens is 246 g/mol. The minimum atomic E-state index is -0.863. The Bertz CT molecular complexity index is 494. The summed E-state index contributed by atoms with van der Waals surface area (Å²) < 4.78 is 1.77. The third kappa shape index (κ3) is 2.45. The molecule has 7 heteroatoms. The number of carbonyl (C=O) groups excluding carboxylic acids is 2. The average molecular weight is 265 g/mol. The van der Waals surface area contributed by atoms with Crippen molar-refractivity contribution in [1.29, 1.82) is 0 Å². The molecule has 0 spiro atoms. The molecule has 104 valence electrons. The Labute approximate surface area is 112 Å². The van der Waals surface area contributed by atoms with Crippen molar-refractivity contribution < 1.29 is 9.59 Å². The summed E-state index contributed by atoms with van der Waals surface area (Å²) in [5.41, 5.74) is -0.863. The number of hydrogen-bond donors (Lipinski definition) is 1. The zero-order chi connectivity index (χ0) is 14.0. The molecule has 0 radical (unpaired) electrons. The number of hydrogen-bond acceptors (Lipinski definition) is 4. The van der Waals surface area contributed by atoms with Crippen LogP contribution in [-0.4, -0.2) is 43.6 Å². The third-order valence-electron chi connectivity index (χ3n) is 3.36. The van der Waals surface area contributed by atoms with Crippen molar-refractivity contribution in [1.82, 2.24) is 25.0 Å². The summed E-state index contributed by atoms with van der Waals surface area (Å²) in [6.07, 6.45) is 2.42. The number of amides is 2. The molecule has 1 aliphatic heterocycles. The van der Waals surface area contributed by atoms with E-state index in [2.05, 4.69) is 22.3 Å². The van der Waals surface area contributed by atoms with Gasteiger partial charge in [-0.1, -0.05) is 6.92 Å². The van der Waals surface area contributed by atoms with Crippen molar-refractivity contribution in [3.8, 4) is 0 Å². The summed E-state index contributed by atoms with van der Waals surface area (Å²) in [6.45, 7) is 6.63. The van der Waals surface area contributed by atoms with Crippen molar-refractivity contribution in [2.24, 2.45) is 0 Å². The Morgan fingerprint density at radius 1 is 1.42 bits per heavy atom. The maximum Gasteiger partial charge on any atom is 0.245 e. The van der Waals surface area contributed by atoms with E-state index in [9.17, 15) is 9.59 Å². The second-order valence-electron chi connectivity index (χ2n) is 5.12. The Morgan fingerprint density at radius 3 is 2.84 bits per heavy atom. The molecule has 2 heterocycles. The summed E-state index contributed by atoms with van der Waals surface area (Å²) in [5.74, 6) is 0.460. The number of aromatic nitrogens is 3. The molecule has 0 saturated carbocycles. The second-order valence-corrected chi connectivity index (χ2v) is 5.12. The highest BCUT2D eigenvalue weighted by atomic mass is 16.2. The van der Waals surface area contributed by atoms with Gasteiger partial charge in [-0.05, 0) is 20.3 Å². The molecular formula is C12H19N5O2. The molecule has 2 amide bonds. The number of nitrogens with zero attached hydrogens (tertiary/aromatic N) is 4. The van der Waals surface area contributed by atoms with Crippen LogP contribution in [0, 0.1) is 0 Å². The Hall–Kier alpha value is -1.92. The number of nitrogens with one attached hydrogen (secondary N) is 1. The number of rotatable bonds is 4. The van der Waals surface area contributed by atoms with Crippen molar-refractivity contribution in [3.63, 3.8) is 0 Å². The molecule has 1 aromatic rings. The molecule has 1 N–H and O–H groups in total. The topological polar surface area (TPSA) is 80.1 Å². The fourth-order valence-electron chi connectivity index (χ4n) is 2.14. The third-order valence-corrected chi connectivity index (χ3v) is 3.36. The van der Waals surface area contributed by atoms with Gasteiger partial charge in [0.1, 0.15) is 17.7 Å². The number of carbonyl (C=O) groups is 2. The lowest BCUT2D eigenvalue weighted by molar-refractivity contribution is -0.152. The number of piperazine rings is 1. The Balaban J connectivity index is 2.22. The monoisotopic (exact) mass is 265 g/mol. The Morgan fingerprint density at radius 2 is 2.16 bits per heavy atom. The molecule has 0 aliphatic carbocycles. The van der Waals surface area contributed by atoms with Gasteiger partial charge >= 0.3 is 0 Å². The van der Waals surface area contributed by atoms with E-state index in [0.717, 1.165) is 13.0 Å². The van der Waals surface area contributed by atoms with Gasteiger partial charge < -0.3 is 10.2 Å². The highest BCUT2D eigenvalue weighted by molar-refractivity contribution is 5.97. The first-order chi connectivity index (χ1) is 8.96. The zero-order valence-corrected chi connectivity index (χ0v) is 11.5. The first-order valence-electron chi connectivity index (χ1n) is 6.42. The van der Waals surface area contributed by atoms with Crippen molar-refractivity contribution in [2.75, 3.05) is 6.54 Å². The quantitative estimate of drug-likeness (QED) is 0.826. The van der Waals surface area contributed by atoms with E-state index in [1.54, 1.807) is 23.4 Å². The van der Waals surface area contributed by atoms with Crippen LogP contribution in [0.5, 0.6) is 0 Å². The van der Waals surface area contributed by atoms with E-state index in [1.165, 1.54) is 6.33 Å². The van der Waals surface area contributed by atoms with E-state index in [-0.39, 0.29) is 18.4 Å². The van der Waals surface area contributed by atoms with Crippen LogP contribution in [0.2, 0.25) is 0 Å². The lowest BCUT2D eigenvalue weighted by Crippen LogP contribution is -2.64. The largest absolute Gasteiger partial charge is 0.345 e. The average Bonchev–Trinajstić information content (AvgIpc) is 2.78. The fraction of sp³-hybridized carbons (Fsp3) is 0.667. The van der Waals surface area contributed by atoms with Gasteiger partial charge in [0.2, 0.25) is 11.8 Å². The maximum absolute atomic E-state index is 12.0. The first kappa shape index (κ1) is 13.5. The molecule has 0 atom stereocenters. The fourth-order valence-corrected chi connectivity index (χ4v) is 2.14. The molecule has 0 aromatic carbocycles. The van der Waals surface area contributed by atoms with Gasteiger partial charge in [0.05, 0.1) is 13.1 Å². The molecule has 0 bridgehead atoms. The Kier molecular flexibility index (Phi) is 3.55. The summed E-state index contributed by atoms with van der Waals surface area (Å²) in [5, 5.41) is 6.73. The standard InChI is InChI=1S/C12H19N5O2/c1-4-5-17-9(14-8-15-17)7-16-10(18)6-13-11(19)12(16,2)3/h8H,4-7H2,1-3H3,(H,13,19). The molecule has 1 aromatic heterocycles. The molecule has 1 fully saturated rings. The molecule has 1 aliphatic rings. The van der Waals surface area contributed by atoms with E-state index < -0.39 is 5.54 Å². The minimum Gasteiger partial charge on any atom is -0.345 e. The normalized spacial score (nSPS) is 18.6. The highest BCUT2D eigenvalue weighted by Gasteiger charge is 2.42. The molecule has 7 nitrogen and oxygen atoms in total. The van der Waals surface area contributed by atoms with Crippen LogP contribution in [0.3, 0.4) is 0 Å². The van der Waals surface area contributed by atoms with Crippen LogP contribution in [-0.2, 0) is 22.7 Å². The van der Waals surface area contributed by atoms with E-state index in [0.29, 0.717) is 12.4 Å². The van der Waals surface area contributed by atoms with Gasteiger partial charge in [-0.25, -0.2) is 9.67 Å². The predicted octanol–water partition coefficient (Wildman–Crippen LogP) is -0.0749. The smallest absolute Gasteiger partial charge is 0.245 e. The molecule has 2 rings (SSSR count). The zero-order valence-electron chi connectivity index (χ0n) is 11.5. The lowest BCUT2D eigenvalue weighted by Gasteiger charge is -2.40. The lowest BCUT2D eigenvalue weighted by atomic mass is 9.98. The second kappa shape index (κ2) is 4.99. The van der Waals surface area contributed by atoms with Gasteiger partial charge in [0, 0.05) is 6.54 Å². The van der Waals surface area contributed by atoms with Crippen molar-refractivity contribution in [2.45, 2.75) is 45.8 Å². The van der Waals surface area contributed by atoms with Gasteiger partial charge in [0.25, 0.3) is 0 Å². The van der Waals surface area contributed by atoms with Crippen LogP contribution in [0.1, 0.15) is 33.0 Å². The summed E-state index contributed by atoms with van der Waals surface area (Å²) >= 11 is 0. The maximum atomic E-state index is 12.0. The first-order valence-corrected chi connectivity index (χ1v) is 6.42. The summed E-state index contributed by atoms with van der Waals surface area (Å²) in [7, 11) is 0. The molecule has 0 unspecified atom stereocenters. The van der Waals surface area contributed by atoms with Crippen LogP contribution >= 0.6 is 0 Å². The van der Waals surface area contributed by atoms with E-state index in [1.807, 2.05) is 0 Å². The van der Waals surface area contributed by atoms with Crippen LogP contribution < -0.4 is 5.32 Å². The molecule has 1 saturated heterocycles. The molecule has 19 heavy (non-hydrogen) atoms. The van der Waals surface area contributed by atoms with E-state index >= 15 is 0 Å². The minimum absolute atomic E-state index is 0.0458. The van der Waals surface area contributed by atoms with Crippen LogP contribution in [0.4, 0.5) is 0 Å². The van der Waals surface area contributed by atoms with Crippen molar-refractivity contribution in [3.05, 3.63) is 12.2 Å². The van der Waals surface area contributed by atoms with Gasteiger partial charge in [-0.3, -0.25) is 9.59 Å². The van der Waals surface area contributed by atoms with Crippen LogP contribution in [0.15, 0.2) is 6.33 Å². The van der Waals surface area contributed by atoms with Crippen molar-refractivity contribution >= 4 is 11.8 Å². The van der Waals surface area contributed by atoms with Gasteiger partial charge in [-0.2, -0.15) is 5.10 Å². The van der Waals surface area contributed by atoms with Gasteiger partial charge in [-0.15, -0.1) is 0 Å². The van der Waals surface area contributed by atoms with E-state index in [4.69, 9.17) is 0 Å². The number of aryl methyl sites for hydroxylation is 1. The van der Waals surface area contributed by atoms with Gasteiger partial charge in [0.15, 0.2) is 0 Å².